The highest BCUT2D eigenvalue weighted by molar-refractivity contribution is 6.41. The number of rotatable bonds is 8. The van der Waals surface area contributed by atoms with Crippen LogP contribution in [-0.2, 0) is 12.7 Å². The van der Waals surface area contributed by atoms with Gasteiger partial charge in [0.2, 0.25) is 0 Å². The molecule has 0 aliphatic rings. The Morgan fingerprint density at radius 2 is 1.59 bits per heavy atom. The first kappa shape index (κ1) is 28.1. The lowest BCUT2D eigenvalue weighted by Gasteiger charge is -2.18. The molecule has 37 heavy (non-hydrogen) atoms. The highest BCUT2D eigenvalue weighted by atomic mass is 35.5. The average Bonchev–Trinajstić information content (AvgIpc) is 2.82. The normalized spacial score (nSPS) is 11.3. The molecule has 3 rings (SSSR count). The number of hydrogen-bond acceptors (Lipinski definition) is 7. The second-order valence-corrected chi connectivity index (χ2v) is 8.64. The van der Waals surface area contributed by atoms with E-state index in [1.54, 1.807) is 19.0 Å². The molecular weight excluding hydrogens is 536 g/mol. The molecular formula is C23H23Cl2F3N6O3. The second-order valence-electron chi connectivity index (χ2n) is 7.88. The average molecular weight is 559 g/mol. The van der Waals surface area contributed by atoms with E-state index in [-0.39, 0.29) is 56.7 Å². The zero-order valence-corrected chi connectivity index (χ0v) is 21.6. The van der Waals surface area contributed by atoms with Gasteiger partial charge in [-0.1, -0.05) is 29.3 Å². The summed E-state index contributed by atoms with van der Waals surface area (Å²) < 4.78 is 51.1. The van der Waals surface area contributed by atoms with Gasteiger partial charge >= 0.3 is 12.2 Å². The summed E-state index contributed by atoms with van der Waals surface area (Å²) in [6, 6.07) is 5.96. The fraction of sp³-hybridized carbons (Fsp3) is 0.261. The highest BCUT2D eigenvalue weighted by Crippen LogP contribution is 2.44. The summed E-state index contributed by atoms with van der Waals surface area (Å²) in [7, 11) is 6.15. The number of nitrogens with one attached hydrogen (secondary N) is 3. The van der Waals surface area contributed by atoms with Crippen LogP contribution in [0, 0.1) is 0 Å². The lowest BCUT2D eigenvalue weighted by molar-refractivity contribution is -0.138. The number of ether oxygens (including phenoxy) is 2. The van der Waals surface area contributed by atoms with Gasteiger partial charge in [-0.15, -0.1) is 0 Å². The number of aromatic nitrogens is 2. The molecule has 0 radical (unpaired) electrons. The summed E-state index contributed by atoms with van der Waals surface area (Å²) in [5, 5.41) is 7.89. The number of carbonyl (C=O) groups excluding carboxylic acids is 1. The number of halogens is 5. The first-order chi connectivity index (χ1) is 17.4. The van der Waals surface area contributed by atoms with Gasteiger partial charge in [-0.25, -0.2) is 14.8 Å². The van der Waals surface area contributed by atoms with Crippen LogP contribution in [0.3, 0.4) is 0 Å². The molecule has 0 aliphatic heterocycles. The molecule has 9 nitrogen and oxygen atoms in total. The Bertz CT molecular complexity index is 1260. The van der Waals surface area contributed by atoms with Crippen molar-refractivity contribution in [3.63, 3.8) is 0 Å². The summed E-state index contributed by atoms with van der Waals surface area (Å²) >= 11 is 12.5. The fourth-order valence-electron chi connectivity index (χ4n) is 3.30. The third-order valence-electron chi connectivity index (χ3n) is 4.90. The molecule has 3 aromatic rings. The Labute approximate surface area is 220 Å². The van der Waals surface area contributed by atoms with E-state index in [4.69, 9.17) is 32.7 Å². The third-order valence-corrected chi connectivity index (χ3v) is 5.65. The van der Waals surface area contributed by atoms with Crippen LogP contribution in [0.25, 0.3) is 0 Å². The van der Waals surface area contributed by atoms with Gasteiger partial charge in [0.05, 0.1) is 25.5 Å². The minimum atomic E-state index is -4.54. The molecule has 1 heterocycles. The number of nitrogens with zero attached hydrogens (tertiary/aromatic N) is 3. The largest absolute Gasteiger partial charge is 0.495 e. The van der Waals surface area contributed by atoms with Crippen LogP contribution in [0.15, 0.2) is 36.7 Å². The van der Waals surface area contributed by atoms with Crippen LogP contribution in [0.4, 0.5) is 41.0 Å². The molecule has 198 valence electrons. The van der Waals surface area contributed by atoms with Crippen LogP contribution in [0.2, 0.25) is 10.0 Å². The standard InChI is InChI=1S/C23H23Cl2F3N6O3/c1-34(2)10-12-5-6-13(7-14(12)23(26,27)28)31-17-9-18(30-11-29-17)32-22(35)33-21-19(24)15(36-3)8-16(37-4)20(21)25/h5-9,11H,10H2,1-4H3,(H3,29,30,31,32,33,35). The molecule has 0 aliphatic carbocycles. The Morgan fingerprint density at radius 1 is 0.973 bits per heavy atom. The Kier molecular flexibility index (Phi) is 8.89. The molecule has 0 spiro atoms. The van der Waals surface area contributed by atoms with Crippen molar-refractivity contribution in [1.82, 2.24) is 14.9 Å². The summed E-state index contributed by atoms with van der Waals surface area (Å²) in [6.07, 6.45) is -3.40. The van der Waals surface area contributed by atoms with E-state index >= 15 is 0 Å². The van der Waals surface area contributed by atoms with Crippen LogP contribution in [0.1, 0.15) is 11.1 Å². The van der Waals surface area contributed by atoms with E-state index in [2.05, 4.69) is 25.9 Å². The molecule has 1 aromatic heterocycles. The monoisotopic (exact) mass is 558 g/mol. The van der Waals surface area contributed by atoms with Crippen molar-refractivity contribution in [2.24, 2.45) is 0 Å². The van der Waals surface area contributed by atoms with Crippen molar-refractivity contribution in [2.75, 3.05) is 44.3 Å². The predicted octanol–water partition coefficient (Wildman–Crippen LogP) is 6.27. The van der Waals surface area contributed by atoms with Crippen molar-refractivity contribution in [3.8, 4) is 11.5 Å². The van der Waals surface area contributed by atoms with Crippen molar-refractivity contribution >= 4 is 52.2 Å². The van der Waals surface area contributed by atoms with Gasteiger partial charge in [-0.05, 0) is 31.8 Å². The molecule has 3 N–H and O–H groups in total. The Morgan fingerprint density at radius 3 is 2.16 bits per heavy atom. The van der Waals surface area contributed by atoms with Crippen LogP contribution < -0.4 is 25.4 Å². The number of urea groups is 1. The number of methoxy groups -OCH3 is 2. The Hall–Kier alpha value is -3.48. The van der Waals surface area contributed by atoms with Crippen molar-refractivity contribution in [2.45, 2.75) is 12.7 Å². The number of anilines is 4. The number of benzene rings is 2. The van der Waals surface area contributed by atoms with Crippen molar-refractivity contribution < 1.29 is 27.4 Å². The highest BCUT2D eigenvalue weighted by Gasteiger charge is 2.33. The lowest BCUT2D eigenvalue weighted by atomic mass is 10.1. The van der Waals surface area contributed by atoms with E-state index < -0.39 is 17.8 Å². The summed E-state index contributed by atoms with van der Waals surface area (Å²) in [5.74, 6) is 0.651. The Balaban J connectivity index is 1.79. The van der Waals surface area contributed by atoms with E-state index in [0.717, 1.165) is 12.4 Å². The van der Waals surface area contributed by atoms with Crippen LogP contribution in [-0.4, -0.2) is 49.2 Å². The van der Waals surface area contributed by atoms with Gasteiger partial charge in [0.1, 0.15) is 39.5 Å². The summed E-state index contributed by atoms with van der Waals surface area (Å²) in [5.41, 5.74) is -0.426. The van der Waals surface area contributed by atoms with Crippen LogP contribution in [0.5, 0.6) is 11.5 Å². The lowest BCUT2D eigenvalue weighted by Crippen LogP contribution is -2.21. The minimum absolute atomic E-state index is 0.0435. The van der Waals surface area contributed by atoms with Crippen LogP contribution >= 0.6 is 23.2 Å². The fourth-order valence-corrected chi connectivity index (χ4v) is 3.89. The maximum Gasteiger partial charge on any atom is 0.416 e. The number of alkyl halides is 3. The number of carbonyl (C=O) groups is 1. The maximum atomic E-state index is 13.6. The van der Waals surface area contributed by atoms with Gasteiger partial charge < -0.3 is 25.0 Å². The minimum Gasteiger partial charge on any atom is -0.495 e. The van der Waals surface area contributed by atoms with E-state index in [1.807, 2.05) is 0 Å². The molecule has 0 fully saturated rings. The summed E-state index contributed by atoms with van der Waals surface area (Å²) in [4.78, 5) is 22.2. The van der Waals surface area contributed by atoms with E-state index in [1.165, 1.54) is 38.5 Å². The topological polar surface area (TPSA) is 101 Å². The predicted molar refractivity (Wildman–Crippen MR) is 136 cm³/mol. The van der Waals surface area contributed by atoms with Gasteiger partial charge in [-0.2, -0.15) is 13.2 Å². The second kappa shape index (κ2) is 11.7. The van der Waals surface area contributed by atoms with Gasteiger partial charge in [0.25, 0.3) is 0 Å². The van der Waals surface area contributed by atoms with Crippen molar-refractivity contribution in [1.29, 1.82) is 0 Å². The molecule has 0 atom stereocenters. The summed E-state index contributed by atoms with van der Waals surface area (Å²) in [6.45, 7) is 0.124. The van der Waals surface area contributed by atoms with Gasteiger partial charge in [0.15, 0.2) is 0 Å². The van der Waals surface area contributed by atoms with Gasteiger partial charge in [-0.3, -0.25) is 5.32 Å². The number of hydrogen-bond donors (Lipinski definition) is 3. The quantitative estimate of drug-likeness (QED) is 0.299. The smallest absolute Gasteiger partial charge is 0.416 e. The van der Waals surface area contributed by atoms with E-state index in [0.29, 0.717) is 0 Å². The SMILES string of the molecule is COc1cc(OC)c(Cl)c(NC(=O)Nc2cc(Nc3ccc(CN(C)C)c(C(F)(F)F)c3)ncn2)c1Cl. The molecule has 0 saturated carbocycles. The maximum absolute atomic E-state index is 13.6. The molecule has 2 amide bonds. The van der Waals surface area contributed by atoms with E-state index in [9.17, 15) is 18.0 Å². The first-order valence-corrected chi connectivity index (χ1v) is 11.3. The molecule has 0 unspecified atom stereocenters. The first-order valence-electron chi connectivity index (χ1n) is 10.5. The third kappa shape index (κ3) is 7.06. The molecule has 2 aromatic carbocycles. The zero-order valence-electron chi connectivity index (χ0n) is 20.1. The molecule has 0 saturated heterocycles. The zero-order chi connectivity index (χ0) is 27.3. The van der Waals surface area contributed by atoms with Gasteiger partial charge in [0, 0.05) is 24.4 Å². The van der Waals surface area contributed by atoms with Crippen molar-refractivity contribution in [3.05, 3.63) is 57.8 Å². The molecule has 0 bridgehead atoms. The number of amides is 2. The molecule has 14 heteroatoms.